The van der Waals surface area contributed by atoms with Crippen LogP contribution in [-0.4, -0.2) is 15.8 Å². The van der Waals surface area contributed by atoms with Gasteiger partial charge >= 0.3 is 0 Å². The Hall–Kier alpha value is -0.830. The average molecular weight is 219 g/mol. The van der Waals surface area contributed by atoms with Gasteiger partial charge in [-0.25, -0.2) is 0 Å². The molecule has 2 fully saturated rings. The van der Waals surface area contributed by atoms with Crippen LogP contribution in [0.1, 0.15) is 44.1 Å². The maximum absolute atomic E-state index is 4.44. The third-order valence-corrected chi connectivity index (χ3v) is 4.06. The molecule has 0 aliphatic heterocycles. The van der Waals surface area contributed by atoms with Crippen LogP contribution in [0.25, 0.3) is 0 Å². The normalized spacial score (nSPS) is 21.8. The fourth-order valence-corrected chi connectivity index (χ4v) is 2.41. The number of hydrogen-bond donors (Lipinski definition) is 1. The zero-order chi connectivity index (χ0) is 10.8. The van der Waals surface area contributed by atoms with Crippen molar-refractivity contribution in [3.8, 4) is 0 Å². The number of hydrogen-bond acceptors (Lipinski definition) is 2. The summed E-state index contributed by atoms with van der Waals surface area (Å²) in [5.74, 6) is 0.896. The Balaban J connectivity index is 1.46. The Morgan fingerprint density at radius 3 is 2.69 bits per heavy atom. The van der Waals surface area contributed by atoms with Crippen LogP contribution in [0.2, 0.25) is 0 Å². The second-order valence-electron chi connectivity index (χ2n) is 5.38. The number of nitrogens with zero attached hydrogens (tertiary/aromatic N) is 2. The first-order valence-electron chi connectivity index (χ1n) is 6.65. The third kappa shape index (κ3) is 2.29. The summed E-state index contributed by atoms with van der Waals surface area (Å²) < 4.78 is 2.13. The fraction of sp³-hybridized carbons (Fsp3) is 0.769. The van der Waals surface area contributed by atoms with Crippen molar-refractivity contribution in [2.24, 2.45) is 5.92 Å². The summed E-state index contributed by atoms with van der Waals surface area (Å²) in [4.78, 5) is 0. The smallest absolute Gasteiger partial charge is 0.0534 e. The molecule has 3 heteroatoms. The van der Waals surface area contributed by atoms with Crippen molar-refractivity contribution in [1.29, 1.82) is 0 Å². The summed E-state index contributed by atoms with van der Waals surface area (Å²) in [7, 11) is 0. The Bertz CT molecular complexity index is 337. The topological polar surface area (TPSA) is 29.9 Å². The van der Waals surface area contributed by atoms with Crippen LogP contribution >= 0.6 is 0 Å². The average Bonchev–Trinajstić information content (AvgIpc) is 2.57. The Labute approximate surface area is 97.2 Å². The largest absolute Gasteiger partial charge is 0.310 e. The molecule has 0 bridgehead atoms. The lowest BCUT2D eigenvalue weighted by Gasteiger charge is -2.26. The lowest BCUT2D eigenvalue weighted by Crippen LogP contribution is -2.34. The van der Waals surface area contributed by atoms with E-state index >= 15 is 0 Å². The Kier molecular flexibility index (Phi) is 2.96. The standard InChI is InChI=1S/C13H21N3/c1-3-11(4-1)9-16-10-12(8-15-16)7-14-13-5-2-6-13/h8,10-11,13-14H,1-7,9H2. The van der Waals surface area contributed by atoms with Gasteiger partial charge in [-0.3, -0.25) is 4.68 Å². The molecule has 1 N–H and O–H groups in total. The molecular weight excluding hydrogens is 198 g/mol. The molecule has 88 valence electrons. The summed E-state index contributed by atoms with van der Waals surface area (Å²) in [5.41, 5.74) is 1.34. The third-order valence-electron chi connectivity index (χ3n) is 4.06. The lowest BCUT2D eigenvalue weighted by atomic mass is 9.85. The molecule has 0 unspecified atom stereocenters. The van der Waals surface area contributed by atoms with Gasteiger partial charge in [-0.1, -0.05) is 12.8 Å². The summed E-state index contributed by atoms with van der Waals surface area (Å²) in [5, 5.41) is 8.01. The van der Waals surface area contributed by atoms with E-state index in [1.54, 1.807) is 0 Å². The van der Waals surface area contributed by atoms with E-state index in [0.717, 1.165) is 25.0 Å². The van der Waals surface area contributed by atoms with Crippen molar-refractivity contribution < 1.29 is 0 Å². The Morgan fingerprint density at radius 2 is 2.06 bits per heavy atom. The first-order valence-corrected chi connectivity index (χ1v) is 6.65. The van der Waals surface area contributed by atoms with Gasteiger partial charge in [0.1, 0.15) is 0 Å². The highest BCUT2D eigenvalue weighted by Gasteiger charge is 2.19. The van der Waals surface area contributed by atoms with Crippen LogP contribution in [0.4, 0.5) is 0 Å². The molecule has 0 atom stereocenters. The lowest BCUT2D eigenvalue weighted by molar-refractivity contribution is 0.266. The summed E-state index contributed by atoms with van der Waals surface area (Å²) in [6, 6.07) is 0.773. The highest BCUT2D eigenvalue weighted by Crippen LogP contribution is 2.27. The Morgan fingerprint density at radius 1 is 1.25 bits per heavy atom. The fourth-order valence-electron chi connectivity index (χ4n) is 2.41. The summed E-state index contributed by atoms with van der Waals surface area (Å²) >= 11 is 0. The van der Waals surface area contributed by atoms with E-state index in [0.29, 0.717) is 0 Å². The zero-order valence-electron chi connectivity index (χ0n) is 9.86. The maximum atomic E-state index is 4.44. The molecule has 2 saturated carbocycles. The minimum Gasteiger partial charge on any atom is -0.310 e. The molecule has 2 aliphatic carbocycles. The molecule has 1 aromatic rings. The van der Waals surface area contributed by atoms with Gasteiger partial charge in [-0.15, -0.1) is 0 Å². The molecule has 0 aromatic carbocycles. The van der Waals surface area contributed by atoms with E-state index in [-0.39, 0.29) is 0 Å². The first kappa shape index (κ1) is 10.3. The zero-order valence-corrected chi connectivity index (χ0v) is 9.86. The van der Waals surface area contributed by atoms with Crippen molar-refractivity contribution >= 4 is 0 Å². The molecule has 1 aromatic heterocycles. The van der Waals surface area contributed by atoms with Gasteiger partial charge in [0.15, 0.2) is 0 Å². The molecule has 16 heavy (non-hydrogen) atoms. The predicted octanol–water partition coefficient (Wildman–Crippen LogP) is 2.33. The summed E-state index contributed by atoms with van der Waals surface area (Å²) in [6.45, 7) is 2.12. The molecule has 3 nitrogen and oxygen atoms in total. The second kappa shape index (κ2) is 4.58. The van der Waals surface area contributed by atoms with Crippen LogP contribution in [0.3, 0.4) is 0 Å². The van der Waals surface area contributed by atoms with Gasteiger partial charge in [0.05, 0.1) is 6.20 Å². The SMILES string of the molecule is c1nn(CC2CCC2)cc1CNC1CCC1. The van der Waals surface area contributed by atoms with E-state index in [1.807, 2.05) is 6.20 Å². The minimum absolute atomic E-state index is 0.773. The van der Waals surface area contributed by atoms with Gasteiger partial charge in [0.25, 0.3) is 0 Å². The minimum atomic E-state index is 0.773. The predicted molar refractivity (Wildman–Crippen MR) is 64.0 cm³/mol. The molecule has 0 spiro atoms. The van der Waals surface area contributed by atoms with Gasteiger partial charge in [0, 0.05) is 30.9 Å². The molecule has 1 heterocycles. The van der Waals surface area contributed by atoms with E-state index < -0.39 is 0 Å². The van der Waals surface area contributed by atoms with Gasteiger partial charge in [-0.2, -0.15) is 5.10 Å². The molecule has 0 amide bonds. The van der Waals surface area contributed by atoms with Crippen LogP contribution in [0.15, 0.2) is 12.4 Å². The highest BCUT2D eigenvalue weighted by atomic mass is 15.3. The molecule has 0 radical (unpaired) electrons. The van der Waals surface area contributed by atoms with Gasteiger partial charge in [-0.05, 0) is 31.6 Å². The molecular formula is C13H21N3. The van der Waals surface area contributed by atoms with E-state index in [2.05, 4.69) is 21.3 Å². The first-order chi connectivity index (χ1) is 7.90. The van der Waals surface area contributed by atoms with Gasteiger partial charge in [0.2, 0.25) is 0 Å². The van der Waals surface area contributed by atoms with Gasteiger partial charge < -0.3 is 5.32 Å². The van der Waals surface area contributed by atoms with Crippen molar-refractivity contribution in [3.05, 3.63) is 18.0 Å². The summed E-state index contributed by atoms with van der Waals surface area (Å²) in [6.07, 6.45) is 12.6. The maximum Gasteiger partial charge on any atom is 0.0534 e. The van der Waals surface area contributed by atoms with Crippen molar-refractivity contribution in [2.45, 2.75) is 57.7 Å². The number of nitrogens with one attached hydrogen (secondary N) is 1. The van der Waals surface area contributed by atoms with E-state index in [1.165, 1.54) is 44.1 Å². The van der Waals surface area contributed by atoms with Crippen molar-refractivity contribution in [2.75, 3.05) is 0 Å². The van der Waals surface area contributed by atoms with Crippen molar-refractivity contribution in [3.63, 3.8) is 0 Å². The quantitative estimate of drug-likeness (QED) is 0.823. The molecule has 0 saturated heterocycles. The van der Waals surface area contributed by atoms with Crippen LogP contribution < -0.4 is 5.32 Å². The molecule has 3 rings (SSSR count). The number of rotatable bonds is 5. The van der Waals surface area contributed by atoms with Crippen molar-refractivity contribution in [1.82, 2.24) is 15.1 Å². The van der Waals surface area contributed by atoms with Crippen LogP contribution in [-0.2, 0) is 13.1 Å². The van der Waals surface area contributed by atoms with E-state index in [9.17, 15) is 0 Å². The second-order valence-corrected chi connectivity index (χ2v) is 5.38. The van der Waals surface area contributed by atoms with Crippen LogP contribution in [0, 0.1) is 5.92 Å². The highest BCUT2D eigenvalue weighted by molar-refractivity contribution is 5.04. The van der Waals surface area contributed by atoms with E-state index in [4.69, 9.17) is 0 Å². The van der Waals surface area contributed by atoms with Crippen LogP contribution in [0.5, 0.6) is 0 Å². The number of aromatic nitrogens is 2. The molecule has 2 aliphatic rings. The monoisotopic (exact) mass is 219 g/mol.